The number of quaternary nitrogens is 1. The molecule has 1 aliphatic rings. The van der Waals surface area contributed by atoms with Crippen LogP contribution in [0.15, 0.2) is 71.4 Å². The molecule has 0 saturated carbocycles. The van der Waals surface area contributed by atoms with Crippen LogP contribution in [-0.4, -0.2) is 13.1 Å². The third-order valence-electron chi connectivity index (χ3n) is 4.71. The smallest absolute Gasteiger partial charge is 0.0950 e. The molecule has 132 valence electrons. The molecule has 1 nitrogen and oxygen atoms in total. The summed E-state index contributed by atoms with van der Waals surface area (Å²) in [4.78, 5) is 0. The summed E-state index contributed by atoms with van der Waals surface area (Å²) in [6, 6.07) is 0. The van der Waals surface area contributed by atoms with Crippen molar-refractivity contribution >= 4 is 0 Å². The Balaban J connectivity index is 2.63. The van der Waals surface area contributed by atoms with Crippen LogP contribution in [0.4, 0.5) is 0 Å². The maximum atomic E-state index is 3.73. The van der Waals surface area contributed by atoms with Gasteiger partial charge in [-0.1, -0.05) is 62.0 Å². The summed E-state index contributed by atoms with van der Waals surface area (Å²) in [6.07, 6.45) is 19.1. The lowest BCUT2D eigenvalue weighted by Gasteiger charge is -2.32. The van der Waals surface area contributed by atoms with Gasteiger partial charge in [0, 0.05) is 0 Å². The van der Waals surface area contributed by atoms with Gasteiger partial charge in [0.2, 0.25) is 0 Å². The topological polar surface area (TPSA) is 16.6 Å². The van der Waals surface area contributed by atoms with Crippen molar-refractivity contribution in [1.82, 2.24) is 0 Å². The number of rotatable bonds is 8. The van der Waals surface area contributed by atoms with E-state index < -0.39 is 0 Å². The van der Waals surface area contributed by atoms with E-state index in [1.165, 1.54) is 36.0 Å². The number of hydrogen-bond acceptors (Lipinski definition) is 0. The summed E-state index contributed by atoms with van der Waals surface area (Å²) in [5.74, 6) is 0. The molecule has 0 spiro atoms. The highest BCUT2D eigenvalue weighted by Gasteiger charge is 2.26. The van der Waals surface area contributed by atoms with Gasteiger partial charge in [-0.15, -0.1) is 0 Å². The molecule has 1 heteroatoms. The monoisotopic (exact) mass is 326 g/mol. The van der Waals surface area contributed by atoms with Gasteiger partial charge in [0.1, 0.15) is 0 Å². The molecule has 0 saturated heterocycles. The zero-order chi connectivity index (χ0) is 18.0. The van der Waals surface area contributed by atoms with E-state index >= 15 is 0 Å². The molecule has 0 unspecified atom stereocenters. The number of nitrogens with two attached hydrogens (primary N) is 1. The largest absolute Gasteiger partial charge is 0.340 e. The van der Waals surface area contributed by atoms with E-state index in [0.717, 1.165) is 13.1 Å². The highest BCUT2D eigenvalue weighted by Crippen LogP contribution is 2.40. The molecule has 0 atom stereocenters. The van der Waals surface area contributed by atoms with Crippen LogP contribution in [0.3, 0.4) is 0 Å². The van der Waals surface area contributed by atoms with Gasteiger partial charge in [-0.3, -0.25) is 0 Å². The van der Waals surface area contributed by atoms with Crippen molar-refractivity contribution in [3.05, 3.63) is 71.4 Å². The van der Waals surface area contributed by atoms with E-state index in [-0.39, 0.29) is 0 Å². The van der Waals surface area contributed by atoms with Crippen LogP contribution in [0.25, 0.3) is 0 Å². The van der Waals surface area contributed by atoms with E-state index in [0.29, 0.717) is 5.41 Å². The molecule has 0 radical (unpaired) electrons. The number of hydrogen-bond donors (Lipinski definition) is 1. The van der Waals surface area contributed by atoms with Crippen molar-refractivity contribution < 1.29 is 5.32 Å². The van der Waals surface area contributed by atoms with Crippen molar-refractivity contribution in [3.63, 3.8) is 0 Å². The molecule has 0 heterocycles. The lowest BCUT2D eigenvalue weighted by molar-refractivity contribution is -0.636. The van der Waals surface area contributed by atoms with E-state index in [1.807, 2.05) is 6.08 Å². The highest BCUT2D eigenvalue weighted by atomic mass is 14.8. The molecule has 0 aromatic heterocycles. The van der Waals surface area contributed by atoms with Gasteiger partial charge in [0.15, 0.2) is 0 Å². The minimum Gasteiger partial charge on any atom is -0.340 e. The van der Waals surface area contributed by atoms with Crippen LogP contribution >= 0.6 is 0 Å². The minimum absolute atomic E-state index is 0.316. The summed E-state index contributed by atoms with van der Waals surface area (Å²) in [5.41, 5.74) is 5.99. The molecule has 2 N–H and O–H groups in total. The Labute approximate surface area is 149 Å². The third-order valence-corrected chi connectivity index (χ3v) is 4.71. The second-order valence-corrected chi connectivity index (χ2v) is 7.53. The Morgan fingerprint density at radius 2 is 1.92 bits per heavy atom. The Morgan fingerprint density at radius 3 is 2.58 bits per heavy atom. The van der Waals surface area contributed by atoms with Gasteiger partial charge in [-0.25, -0.2) is 0 Å². The van der Waals surface area contributed by atoms with Crippen molar-refractivity contribution in [2.75, 3.05) is 13.1 Å². The van der Waals surface area contributed by atoms with Gasteiger partial charge in [-0.05, 0) is 68.7 Å². The first kappa shape index (κ1) is 20.4. The zero-order valence-electron chi connectivity index (χ0n) is 16.4. The van der Waals surface area contributed by atoms with E-state index in [4.69, 9.17) is 0 Å². The molecule has 0 amide bonds. The second-order valence-electron chi connectivity index (χ2n) is 7.53. The summed E-state index contributed by atoms with van der Waals surface area (Å²) >= 11 is 0. The molecule has 1 aliphatic carbocycles. The minimum atomic E-state index is 0.316. The van der Waals surface area contributed by atoms with Crippen LogP contribution in [-0.2, 0) is 0 Å². The first-order chi connectivity index (χ1) is 11.4. The fraction of sp³-hybridized carbons (Fsp3) is 0.478. The zero-order valence-corrected chi connectivity index (χ0v) is 16.4. The van der Waals surface area contributed by atoms with Gasteiger partial charge in [0.25, 0.3) is 0 Å². The average Bonchev–Trinajstić information content (AvgIpc) is 2.50. The summed E-state index contributed by atoms with van der Waals surface area (Å²) in [6.45, 7) is 17.1. The van der Waals surface area contributed by atoms with Gasteiger partial charge >= 0.3 is 0 Å². The predicted octanol–water partition coefficient (Wildman–Crippen LogP) is 5.27. The van der Waals surface area contributed by atoms with Crippen molar-refractivity contribution in [2.24, 2.45) is 5.41 Å². The van der Waals surface area contributed by atoms with Crippen LogP contribution in [0.5, 0.6) is 0 Å². The summed E-state index contributed by atoms with van der Waals surface area (Å²) in [7, 11) is 0. The Bertz CT molecular complexity index is 565. The SMILES string of the molecule is C=CC[NH2+]C/C=C(C)/C=C/C=C(C)/C=C/C1=C(C)CCCC1(C)C. The van der Waals surface area contributed by atoms with Crippen LogP contribution in [0.2, 0.25) is 0 Å². The van der Waals surface area contributed by atoms with Crippen LogP contribution in [0, 0.1) is 5.41 Å². The molecule has 0 bridgehead atoms. The lowest BCUT2D eigenvalue weighted by atomic mass is 9.72. The fourth-order valence-corrected chi connectivity index (χ4v) is 3.18. The maximum Gasteiger partial charge on any atom is 0.0950 e. The Morgan fingerprint density at radius 1 is 1.17 bits per heavy atom. The van der Waals surface area contributed by atoms with Crippen LogP contribution in [0.1, 0.15) is 53.9 Å². The normalized spacial score (nSPS) is 19.5. The first-order valence-electron chi connectivity index (χ1n) is 9.19. The van der Waals surface area contributed by atoms with Crippen molar-refractivity contribution in [2.45, 2.75) is 53.9 Å². The Kier molecular flexibility index (Phi) is 8.78. The second kappa shape index (κ2) is 10.3. The van der Waals surface area contributed by atoms with E-state index in [2.05, 4.69) is 83.0 Å². The standard InChI is InChI=1S/C23H35N/c1-7-17-24-18-15-20(3)11-8-10-19(2)13-14-22-21(4)12-9-16-23(22,5)6/h7-8,10-11,13-15,24H,1,9,12,16-18H2,2-6H3/p+1/b11-8+,14-13+,19-10+,20-15+. The third kappa shape index (κ3) is 7.31. The van der Waals surface area contributed by atoms with Gasteiger partial charge in [0.05, 0.1) is 13.1 Å². The molecular weight excluding hydrogens is 290 g/mol. The first-order valence-corrected chi connectivity index (χ1v) is 9.19. The van der Waals surface area contributed by atoms with Gasteiger partial charge < -0.3 is 5.32 Å². The number of allylic oxidation sites excluding steroid dienone is 9. The molecule has 0 aromatic carbocycles. The molecule has 1 rings (SSSR count). The van der Waals surface area contributed by atoms with E-state index in [1.54, 1.807) is 5.57 Å². The average molecular weight is 327 g/mol. The predicted molar refractivity (Wildman–Crippen MR) is 108 cm³/mol. The molecule has 0 aromatic rings. The molecule has 0 aliphatic heterocycles. The molecule has 24 heavy (non-hydrogen) atoms. The van der Waals surface area contributed by atoms with E-state index in [9.17, 15) is 0 Å². The maximum absolute atomic E-state index is 3.73. The van der Waals surface area contributed by atoms with Crippen LogP contribution < -0.4 is 5.32 Å². The van der Waals surface area contributed by atoms with Crippen molar-refractivity contribution in [3.8, 4) is 0 Å². The Hall–Kier alpha value is -1.60. The van der Waals surface area contributed by atoms with Crippen molar-refractivity contribution in [1.29, 1.82) is 0 Å². The molecular formula is C23H36N+. The van der Waals surface area contributed by atoms with Gasteiger partial charge in [-0.2, -0.15) is 0 Å². The quantitative estimate of drug-likeness (QED) is 0.355. The fourth-order valence-electron chi connectivity index (χ4n) is 3.18. The summed E-state index contributed by atoms with van der Waals surface area (Å²) < 4.78 is 0. The summed E-state index contributed by atoms with van der Waals surface area (Å²) in [5, 5.41) is 2.23. The lowest BCUT2D eigenvalue weighted by Crippen LogP contribution is -2.83. The molecule has 0 fully saturated rings. The highest BCUT2D eigenvalue weighted by molar-refractivity contribution is 5.37.